The molecule has 1 aromatic heterocycles. The molecule has 1 nitrogen and oxygen atoms in total. The maximum Gasteiger partial charge on any atom is 0.168 e. The summed E-state index contributed by atoms with van der Waals surface area (Å²) >= 11 is 5.15. The lowest BCUT2D eigenvalue weighted by Crippen LogP contribution is -2.48. The number of ketones is 1. The van der Waals surface area contributed by atoms with Gasteiger partial charge in [-0.05, 0) is 71.7 Å². The molecule has 0 radical (unpaired) electrons. The minimum atomic E-state index is 0.337. The highest BCUT2D eigenvalue weighted by atomic mass is 79.9. The van der Waals surface area contributed by atoms with Crippen molar-refractivity contribution in [2.75, 3.05) is 0 Å². The van der Waals surface area contributed by atoms with Gasteiger partial charge in [-0.25, -0.2) is 0 Å². The zero-order chi connectivity index (χ0) is 12.3. The van der Waals surface area contributed by atoms with E-state index in [1.807, 2.05) is 10.8 Å². The molecule has 0 aliphatic heterocycles. The van der Waals surface area contributed by atoms with Crippen LogP contribution in [0.25, 0.3) is 0 Å². The quantitative estimate of drug-likeness (QED) is 0.716. The van der Waals surface area contributed by atoms with Crippen molar-refractivity contribution in [1.82, 2.24) is 0 Å². The fraction of sp³-hybridized carbons (Fsp3) is 0.667. The van der Waals surface area contributed by atoms with E-state index < -0.39 is 0 Å². The van der Waals surface area contributed by atoms with Crippen LogP contribution in [0.2, 0.25) is 0 Å². The topological polar surface area (TPSA) is 17.1 Å². The van der Waals surface area contributed by atoms with Gasteiger partial charge in [0.05, 0.1) is 0 Å². The Balaban J connectivity index is 1.65. The summed E-state index contributed by atoms with van der Waals surface area (Å²) in [5.41, 5.74) is 0.942. The fourth-order valence-corrected chi connectivity index (χ4v) is 6.47. The second-order valence-electron chi connectivity index (χ2n) is 6.45. The number of halogens is 1. The highest BCUT2D eigenvalue weighted by Crippen LogP contribution is 2.57. The van der Waals surface area contributed by atoms with Gasteiger partial charge in [-0.1, -0.05) is 0 Å². The molecule has 1 aromatic rings. The Morgan fingerprint density at radius 2 is 1.67 bits per heavy atom. The molecule has 5 rings (SSSR count). The first-order chi connectivity index (χ1) is 8.72. The molecule has 0 spiro atoms. The van der Waals surface area contributed by atoms with E-state index in [0.717, 1.165) is 21.9 Å². The standard InChI is InChI=1S/C15H17BrOS/c16-13-7-18-6-12(13)15(17)14-10-2-8-1-9(4-10)5-11(14)3-8/h6-11,14H,1-5H2. The third-order valence-electron chi connectivity index (χ3n) is 5.41. The van der Waals surface area contributed by atoms with Crippen molar-refractivity contribution in [3.8, 4) is 0 Å². The third-order valence-corrected chi connectivity index (χ3v) is 7.11. The van der Waals surface area contributed by atoms with Crippen LogP contribution in [-0.4, -0.2) is 5.78 Å². The molecule has 0 aromatic carbocycles. The third kappa shape index (κ3) is 1.66. The van der Waals surface area contributed by atoms with E-state index in [2.05, 4.69) is 15.9 Å². The summed E-state index contributed by atoms with van der Waals surface area (Å²) in [6.45, 7) is 0. The van der Waals surface area contributed by atoms with Gasteiger partial charge in [0.1, 0.15) is 0 Å². The second-order valence-corrected chi connectivity index (χ2v) is 8.05. The van der Waals surface area contributed by atoms with Gasteiger partial charge in [-0.15, -0.1) is 0 Å². The molecule has 0 amide bonds. The molecular weight excluding hydrogens is 308 g/mol. The summed E-state index contributed by atoms with van der Waals surface area (Å²) in [6, 6.07) is 0. The van der Waals surface area contributed by atoms with Gasteiger partial charge in [0.25, 0.3) is 0 Å². The van der Waals surface area contributed by atoms with Gasteiger partial charge in [-0.3, -0.25) is 4.79 Å². The van der Waals surface area contributed by atoms with Gasteiger partial charge in [0.2, 0.25) is 0 Å². The van der Waals surface area contributed by atoms with Crippen LogP contribution in [0.3, 0.4) is 0 Å². The molecule has 1 heterocycles. The Bertz CT molecular complexity index is 464. The van der Waals surface area contributed by atoms with Crippen LogP contribution >= 0.6 is 27.3 Å². The molecular formula is C15H17BrOS. The van der Waals surface area contributed by atoms with Gasteiger partial charge >= 0.3 is 0 Å². The van der Waals surface area contributed by atoms with Crippen molar-refractivity contribution in [3.63, 3.8) is 0 Å². The summed E-state index contributed by atoms with van der Waals surface area (Å²) in [7, 11) is 0. The Morgan fingerprint density at radius 1 is 1.06 bits per heavy atom. The van der Waals surface area contributed by atoms with Crippen molar-refractivity contribution in [3.05, 3.63) is 20.8 Å². The van der Waals surface area contributed by atoms with Gasteiger partial charge < -0.3 is 0 Å². The molecule has 4 fully saturated rings. The van der Waals surface area contributed by atoms with Gasteiger partial charge in [0, 0.05) is 26.7 Å². The van der Waals surface area contributed by atoms with E-state index in [1.54, 1.807) is 11.3 Å². The van der Waals surface area contributed by atoms with Crippen LogP contribution < -0.4 is 0 Å². The number of hydrogen-bond acceptors (Lipinski definition) is 2. The molecule has 4 bridgehead atoms. The lowest BCUT2D eigenvalue weighted by atomic mass is 9.51. The van der Waals surface area contributed by atoms with Crippen LogP contribution in [0.15, 0.2) is 15.2 Å². The first kappa shape index (κ1) is 11.7. The maximum atomic E-state index is 12.8. The monoisotopic (exact) mass is 324 g/mol. The average molecular weight is 325 g/mol. The Morgan fingerprint density at radius 3 is 2.17 bits per heavy atom. The number of Topliss-reactive ketones (excluding diaryl/α,β-unsaturated/α-hetero) is 1. The molecule has 0 saturated heterocycles. The average Bonchev–Trinajstić information content (AvgIpc) is 2.73. The summed E-state index contributed by atoms with van der Waals surface area (Å²) in [5, 5.41) is 4.06. The number of carbonyl (C=O) groups is 1. The van der Waals surface area contributed by atoms with Crippen molar-refractivity contribution < 1.29 is 4.79 Å². The Hall–Kier alpha value is -0.150. The van der Waals surface area contributed by atoms with E-state index >= 15 is 0 Å². The molecule has 0 unspecified atom stereocenters. The van der Waals surface area contributed by atoms with Crippen LogP contribution in [0.1, 0.15) is 42.5 Å². The Labute approximate surface area is 120 Å². The van der Waals surface area contributed by atoms with Gasteiger partial charge in [-0.2, -0.15) is 11.3 Å². The number of thiophene rings is 1. The van der Waals surface area contributed by atoms with Crippen LogP contribution in [0, 0.1) is 29.6 Å². The van der Waals surface area contributed by atoms with Crippen LogP contribution in [0.5, 0.6) is 0 Å². The summed E-state index contributed by atoms with van der Waals surface area (Å²) < 4.78 is 1.01. The summed E-state index contributed by atoms with van der Waals surface area (Å²) in [5.74, 6) is 4.05. The van der Waals surface area contributed by atoms with E-state index in [1.165, 1.54) is 32.1 Å². The lowest BCUT2D eigenvalue weighted by molar-refractivity contribution is -0.0251. The van der Waals surface area contributed by atoms with E-state index in [-0.39, 0.29) is 0 Å². The molecule has 4 aliphatic rings. The molecule has 96 valence electrons. The first-order valence-corrected chi connectivity index (χ1v) is 8.72. The molecule has 4 saturated carbocycles. The zero-order valence-corrected chi connectivity index (χ0v) is 12.7. The summed E-state index contributed by atoms with van der Waals surface area (Å²) in [6.07, 6.45) is 6.75. The smallest absolute Gasteiger partial charge is 0.168 e. The number of hydrogen-bond donors (Lipinski definition) is 0. The maximum absolute atomic E-state index is 12.8. The highest BCUT2D eigenvalue weighted by Gasteiger charge is 2.50. The predicted octanol–water partition coefficient (Wildman–Crippen LogP) is 4.77. The number of rotatable bonds is 2. The van der Waals surface area contributed by atoms with E-state index in [0.29, 0.717) is 23.5 Å². The first-order valence-electron chi connectivity index (χ1n) is 6.98. The van der Waals surface area contributed by atoms with Crippen LogP contribution in [-0.2, 0) is 0 Å². The molecule has 3 heteroatoms. The second kappa shape index (κ2) is 4.17. The Kier molecular flexibility index (Phi) is 2.70. The van der Waals surface area contributed by atoms with Crippen molar-refractivity contribution in [1.29, 1.82) is 0 Å². The minimum absolute atomic E-state index is 0.337. The van der Waals surface area contributed by atoms with Gasteiger partial charge in [0.15, 0.2) is 5.78 Å². The molecule has 18 heavy (non-hydrogen) atoms. The minimum Gasteiger partial charge on any atom is -0.294 e. The molecule has 0 atom stereocenters. The number of carbonyl (C=O) groups excluding carboxylic acids is 1. The van der Waals surface area contributed by atoms with Crippen molar-refractivity contribution >= 4 is 33.0 Å². The van der Waals surface area contributed by atoms with Crippen molar-refractivity contribution in [2.45, 2.75) is 32.1 Å². The summed E-state index contributed by atoms with van der Waals surface area (Å²) in [4.78, 5) is 12.8. The fourth-order valence-electron chi connectivity index (χ4n) is 4.99. The zero-order valence-electron chi connectivity index (χ0n) is 10.3. The van der Waals surface area contributed by atoms with E-state index in [9.17, 15) is 4.79 Å². The normalized spacial score (nSPS) is 41.3. The van der Waals surface area contributed by atoms with E-state index in [4.69, 9.17) is 0 Å². The molecule has 4 aliphatic carbocycles. The van der Waals surface area contributed by atoms with Crippen molar-refractivity contribution in [2.24, 2.45) is 29.6 Å². The largest absolute Gasteiger partial charge is 0.294 e. The highest BCUT2D eigenvalue weighted by molar-refractivity contribution is 9.10. The predicted molar refractivity (Wildman–Crippen MR) is 76.9 cm³/mol. The lowest BCUT2D eigenvalue weighted by Gasteiger charge is -2.53. The SMILES string of the molecule is O=C(c1cscc1Br)C1C2CC3CC(C2)CC1C3. The molecule has 0 N–H and O–H groups in total. The van der Waals surface area contributed by atoms with Crippen LogP contribution in [0.4, 0.5) is 0 Å².